The van der Waals surface area contributed by atoms with Crippen LogP contribution >= 0.6 is 15.9 Å². The predicted octanol–water partition coefficient (Wildman–Crippen LogP) is 4.18. The van der Waals surface area contributed by atoms with Crippen LogP contribution in [-0.2, 0) is 10.2 Å². The Labute approximate surface area is 150 Å². The molecule has 128 valence electrons. The lowest BCUT2D eigenvalue weighted by atomic mass is 9.85. The molecule has 5 nitrogen and oxygen atoms in total. The second-order valence-corrected chi connectivity index (χ2v) is 7.25. The molecule has 0 saturated carbocycles. The van der Waals surface area contributed by atoms with Gasteiger partial charge in [0.25, 0.3) is 5.91 Å². The maximum atomic E-state index is 11.8. The molecule has 0 spiro atoms. The van der Waals surface area contributed by atoms with Gasteiger partial charge in [0.2, 0.25) is 0 Å². The Kier molecular flexibility index (Phi) is 5.83. The van der Waals surface area contributed by atoms with Crippen molar-refractivity contribution >= 4 is 28.1 Å². The number of nitrogens with one attached hydrogen (secondary N) is 1. The molecule has 0 unspecified atom stereocenters. The summed E-state index contributed by atoms with van der Waals surface area (Å²) in [6, 6.07) is 9.43. The maximum absolute atomic E-state index is 11.8. The third-order valence-electron chi connectivity index (χ3n) is 3.28. The number of hydrogen-bond donors (Lipinski definition) is 1. The van der Waals surface area contributed by atoms with E-state index in [1.165, 1.54) is 6.21 Å². The number of carbonyl (C=O) groups excluding carboxylic acids is 1. The van der Waals surface area contributed by atoms with Gasteiger partial charge in [-0.1, -0.05) is 38.5 Å². The highest BCUT2D eigenvalue weighted by Crippen LogP contribution is 2.32. The van der Waals surface area contributed by atoms with Crippen LogP contribution in [0, 0.1) is 6.92 Å². The van der Waals surface area contributed by atoms with Gasteiger partial charge in [-0.15, -0.1) is 0 Å². The molecule has 0 saturated heterocycles. The monoisotopic (exact) mass is 392 g/mol. The first-order chi connectivity index (χ1) is 11.3. The van der Waals surface area contributed by atoms with Crippen molar-refractivity contribution < 1.29 is 13.9 Å². The second kappa shape index (κ2) is 7.66. The number of aryl methyl sites for hydroxylation is 1. The van der Waals surface area contributed by atoms with E-state index in [9.17, 15) is 4.79 Å². The minimum atomic E-state index is -0.336. The van der Waals surface area contributed by atoms with Crippen molar-refractivity contribution in [2.75, 3.05) is 6.61 Å². The number of halogens is 1. The lowest BCUT2D eigenvalue weighted by Gasteiger charge is -2.23. The largest absolute Gasteiger partial charge is 0.483 e. The van der Waals surface area contributed by atoms with Crippen molar-refractivity contribution in [3.63, 3.8) is 0 Å². The van der Waals surface area contributed by atoms with E-state index in [1.807, 2.05) is 19.1 Å². The number of carbonyl (C=O) groups is 1. The van der Waals surface area contributed by atoms with Crippen LogP contribution in [0.2, 0.25) is 0 Å². The number of hydrazone groups is 1. The maximum Gasteiger partial charge on any atom is 0.277 e. The molecule has 0 aliphatic carbocycles. The third kappa shape index (κ3) is 5.23. The van der Waals surface area contributed by atoms with Gasteiger partial charge in [-0.25, -0.2) is 5.43 Å². The van der Waals surface area contributed by atoms with Gasteiger partial charge in [0.1, 0.15) is 11.5 Å². The summed E-state index contributed by atoms with van der Waals surface area (Å²) >= 11 is 3.20. The van der Waals surface area contributed by atoms with E-state index >= 15 is 0 Å². The lowest BCUT2D eigenvalue weighted by molar-refractivity contribution is -0.123. The zero-order valence-corrected chi connectivity index (χ0v) is 15.8. The summed E-state index contributed by atoms with van der Waals surface area (Å²) < 4.78 is 11.5. The average Bonchev–Trinajstić information content (AvgIpc) is 2.90. The minimum Gasteiger partial charge on any atom is -0.483 e. The van der Waals surface area contributed by atoms with Crippen LogP contribution in [0.15, 0.2) is 44.5 Å². The first-order valence-corrected chi connectivity index (χ1v) is 8.36. The van der Waals surface area contributed by atoms with Crippen molar-refractivity contribution in [1.82, 2.24) is 5.43 Å². The molecule has 0 atom stereocenters. The molecule has 2 aromatic rings. The van der Waals surface area contributed by atoms with Crippen LogP contribution in [0.1, 0.15) is 37.7 Å². The number of furan rings is 1. The standard InChI is InChI=1S/C18H21BrN2O3/c1-12-5-7-15(14(9-12)18(2,3)4)23-11-17(22)21-20-10-13-6-8-16(19)24-13/h5-10H,11H2,1-4H3,(H,21,22)/b20-10+. The zero-order valence-electron chi connectivity index (χ0n) is 14.2. The van der Waals surface area contributed by atoms with Crippen LogP contribution in [0.5, 0.6) is 5.75 Å². The van der Waals surface area contributed by atoms with E-state index in [4.69, 9.17) is 9.15 Å². The van der Waals surface area contributed by atoms with Crippen molar-refractivity contribution in [3.8, 4) is 5.75 Å². The Morgan fingerprint density at radius 1 is 1.33 bits per heavy atom. The highest BCUT2D eigenvalue weighted by molar-refractivity contribution is 9.10. The highest BCUT2D eigenvalue weighted by atomic mass is 79.9. The fourth-order valence-corrected chi connectivity index (χ4v) is 2.42. The predicted molar refractivity (Wildman–Crippen MR) is 97.5 cm³/mol. The molecular formula is C18H21BrN2O3. The Morgan fingerprint density at radius 3 is 2.71 bits per heavy atom. The Bertz CT molecular complexity index is 745. The van der Waals surface area contributed by atoms with E-state index in [0.29, 0.717) is 16.2 Å². The molecule has 24 heavy (non-hydrogen) atoms. The minimum absolute atomic E-state index is 0.0668. The molecule has 0 radical (unpaired) electrons. The van der Waals surface area contributed by atoms with Crippen LogP contribution in [-0.4, -0.2) is 18.7 Å². The summed E-state index contributed by atoms with van der Waals surface area (Å²) in [5, 5.41) is 3.83. The molecule has 1 N–H and O–H groups in total. The molecule has 0 bridgehead atoms. The summed E-state index contributed by atoms with van der Waals surface area (Å²) in [7, 11) is 0. The van der Waals surface area contributed by atoms with E-state index in [-0.39, 0.29) is 17.9 Å². The summed E-state index contributed by atoms with van der Waals surface area (Å²) in [5.41, 5.74) is 4.57. The fraction of sp³-hybridized carbons (Fsp3) is 0.333. The molecule has 0 aliphatic heterocycles. The first-order valence-electron chi connectivity index (χ1n) is 7.57. The Balaban J connectivity index is 1.93. The van der Waals surface area contributed by atoms with Crippen LogP contribution in [0.4, 0.5) is 0 Å². The molecular weight excluding hydrogens is 372 g/mol. The molecule has 1 aromatic carbocycles. The summed E-state index contributed by atoms with van der Waals surface area (Å²) in [6.45, 7) is 8.26. The van der Waals surface area contributed by atoms with E-state index in [1.54, 1.807) is 12.1 Å². The van der Waals surface area contributed by atoms with Crippen LogP contribution in [0.25, 0.3) is 0 Å². The topological polar surface area (TPSA) is 63.8 Å². The molecule has 1 amide bonds. The van der Waals surface area contributed by atoms with Crippen molar-refractivity contribution in [2.45, 2.75) is 33.1 Å². The van der Waals surface area contributed by atoms with Crippen molar-refractivity contribution in [2.24, 2.45) is 5.10 Å². The van der Waals surface area contributed by atoms with Gasteiger partial charge < -0.3 is 9.15 Å². The molecule has 1 aromatic heterocycles. The highest BCUT2D eigenvalue weighted by Gasteiger charge is 2.19. The van der Waals surface area contributed by atoms with Gasteiger partial charge in [-0.2, -0.15) is 5.10 Å². The summed E-state index contributed by atoms with van der Waals surface area (Å²) in [6.07, 6.45) is 1.43. The number of amides is 1. The second-order valence-electron chi connectivity index (χ2n) is 6.47. The van der Waals surface area contributed by atoms with Gasteiger partial charge in [-0.3, -0.25) is 4.79 Å². The fourth-order valence-electron chi connectivity index (χ4n) is 2.10. The number of rotatable bonds is 5. The Hall–Kier alpha value is -2.08. The Morgan fingerprint density at radius 2 is 2.08 bits per heavy atom. The molecule has 0 aliphatic rings. The molecule has 6 heteroatoms. The number of benzene rings is 1. The van der Waals surface area contributed by atoms with Crippen LogP contribution < -0.4 is 10.2 Å². The van der Waals surface area contributed by atoms with Crippen LogP contribution in [0.3, 0.4) is 0 Å². The molecule has 1 heterocycles. The smallest absolute Gasteiger partial charge is 0.277 e. The number of ether oxygens (including phenoxy) is 1. The van der Waals surface area contributed by atoms with Crippen molar-refractivity contribution in [1.29, 1.82) is 0 Å². The lowest BCUT2D eigenvalue weighted by Crippen LogP contribution is -2.25. The van der Waals surface area contributed by atoms with Gasteiger partial charge in [0, 0.05) is 0 Å². The normalized spacial score (nSPS) is 11.7. The SMILES string of the molecule is Cc1ccc(OCC(=O)N/N=C/c2ccc(Br)o2)c(C(C)(C)C)c1. The van der Waals surface area contributed by atoms with Gasteiger partial charge in [-0.05, 0) is 52.0 Å². The van der Waals surface area contributed by atoms with E-state index < -0.39 is 0 Å². The quantitative estimate of drug-likeness (QED) is 0.613. The average molecular weight is 393 g/mol. The van der Waals surface area contributed by atoms with Crippen molar-refractivity contribution in [3.05, 3.63) is 51.9 Å². The zero-order chi connectivity index (χ0) is 17.7. The van der Waals surface area contributed by atoms with E-state index in [2.05, 4.69) is 53.3 Å². The number of nitrogens with zero attached hydrogens (tertiary/aromatic N) is 1. The van der Waals surface area contributed by atoms with Gasteiger partial charge in [0.05, 0.1) is 6.21 Å². The van der Waals surface area contributed by atoms with E-state index in [0.717, 1.165) is 11.1 Å². The third-order valence-corrected chi connectivity index (χ3v) is 3.70. The van der Waals surface area contributed by atoms with Gasteiger partial charge >= 0.3 is 0 Å². The molecule has 2 rings (SSSR count). The summed E-state index contributed by atoms with van der Waals surface area (Å²) in [5.74, 6) is 0.913. The first kappa shape index (κ1) is 18.3. The number of hydrogen-bond acceptors (Lipinski definition) is 4. The molecule has 0 fully saturated rings. The summed E-state index contributed by atoms with van der Waals surface area (Å²) in [4.78, 5) is 11.8. The van der Waals surface area contributed by atoms with Gasteiger partial charge in [0.15, 0.2) is 11.3 Å².